The van der Waals surface area contributed by atoms with Crippen LogP contribution < -0.4 is 5.32 Å². The van der Waals surface area contributed by atoms with Crippen LogP contribution in [0.25, 0.3) is 0 Å². The summed E-state index contributed by atoms with van der Waals surface area (Å²) in [6.45, 7) is 7.97. The van der Waals surface area contributed by atoms with Crippen molar-refractivity contribution < 1.29 is 4.79 Å². The number of amides is 1. The molecule has 0 radical (unpaired) electrons. The molecule has 3 nitrogen and oxygen atoms in total. The number of rotatable bonds is 2. The zero-order valence-electron chi connectivity index (χ0n) is 13.2. The highest BCUT2D eigenvalue weighted by Crippen LogP contribution is 2.35. The van der Waals surface area contributed by atoms with E-state index >= 15 is 0 Å². The molecular formula is C18H26N2O. The van der Waals surface area contributed by atoms with Gasteiger partial charge in [-0.2, -0.15) is 0 Å². The molecule has 1 fully saturated rings. The molecule has 114 valence electrons. The SMILES string of the molecule is CC(C)(C(=O)N1CCc2ccccc2C1)C1CCCNC1. The van der Waals surface area contributed by atoms with E-state index in [2.05, 4.69) is 48.3 Å². The molecule has 2 aliphatic rings. The number of nitrogens with one attached hydrogen (secondary N) is 1. The Kier molecular flexibility index (Phi) is 4.03. The van der Waals surface area contributed by atoms with Crippen LogP contribution in [0.3, 0.4) is 0 Å². The van der Waals surface area contributed by atoms with E-state index in [-0.39, 0.29) is 5.41 Å². The first-order valence-electron chi connectivity index (χ1n) is 8.16. The Bertz CT molecular complexity index is 518. The predicted molar refractivity (Wildman–Crippen MR) is 84.9 cm³/mol. The highest BCUT2D eigenvalue weighted by atomic mass is 16.2. The van der Waals surface area contributed by atoms with Crippen molar-refractivity contribution in [1.82, 2.24) is 10.2 Å². The van der Waals surface area contributed by atoms with Gasteiger partial charge in [0.05, 0.1) is 0 Å². The molecule has 21 heavy (non-hydrogen) atoms. The summed E-state index contributed by atoms with van der Waals surface area (Å²) in [4.78, 5) is 15.1. The summed E-state index contributed by atoms with van der Waals surface area (Å²) in [7, 11) is 0. The van der Waals surface area contributed by atoms with Crippen molar-refractivity contribution in [1.29, 1.82) is 0 Å². The van der Waals surface area contributed by atoms with Crippen LogP contribution in [0.1, 0.15) is 37.8 Å². The lowest BCUT2D eigenvalue weighted by Crippen LogP contribution is -2.50. The van der Waals surface area contributed by atoms with Crippen LogP contribution in [-0.2, 0) is 17.8 Å². The minimum atomic E-state index is -0.264. The van der Waals surface area contributed by atoms with Crippen molar-refractivity contribution in [2.75, 3.05) is 19.6 Å². The number of carbonyl (C=O) groups is 1. The minimum absolute atomic E-state index is 0.264. The number of hydrogen-bond acceptors (Lipinski definition) is 2. The van der Waals surface area contributed by atoms with Gasteiger partial charge >= 0.3 is 0 Å². The van der Waals surface area contributed by atoms with Gasteiger partial charge < -0.3 is 10.2 Å². The van der Waals surface area contributed by atoms with Gasteiger partial charge in [0.1, 0.15) is 0 Å². The average Bonchev–Trinajstić information content (AvgIpc) is 2.54. The molecule has 0 bridgehead atoms. The van der Waals surface area contributed by atoms with E-state index in [1.807, 2.05) is 0 Å². The second-order valence-electron chi connectivity index (χ2n) is 7.01. The third kappa shape index (κ3) is 2.84. The Hall–Kier alpha value is -1.35. The molecule has 1 atom stereocenters. The molecule has 3 rings (SSSR count). The molecule has 1 aromatic rings. The largest absolute Gasteiger partial charge is 0.338 e. The third-order valence-corrected chi connectivity index (χ3v) is 5.29. The van der Waals surface area contributed by atoms with Crippen LogP contribution in [0.2, 0.25) is 0 Å². The van der Waals surface area contributed by atoms with Crippen LogP contribution in [0.5, 0.6) is 0 Å². The van der Waals surface area contributed by atoms with Gasteiger partial charge in [-0.25, -0.2) is 0 Å². The molecule has 2 aliphatic heterocycles. The molecule has 0 spiro atoms. The van der Waals surface area contributed by atoms with Gasteiger partial charge in [0, 0.05) is 18.5 Å². The van der Waals surface area contributed by atoms with E-state index in [0.717, 1.165) is 39.0 Å². The first-order valence-corrected chi connectivity index (χ1v) is 8.16. The molecule has 2 heterocycles. The molecular weight excluding hydrogens is 260 g/mol. The van der Waals surface area contributed by atoms with Gasteiger partial charge in [-0.1, -0.05) is 38.1 Å². The molecule has 1 aromatic carbocycles. The number of benzene rings is 1. The van der Waals surface area contributed by atoms with Crippen molar-refractivity contribution in [3.05, 3.63) is 35.4 Å². The fourth-order valence-electron chi connectivity index (χ4n) is 3.72. The number of carbonyl (C=O) groups excluding carboxylic acids is 1. The number of fused-ring (bicyclic) bond motifs is 1. The van der Waals surface area contributed by atoms with E-state index in [4.69, 9.17) is 0 Å². The average molecular weight is 286 g/mol. The van der Waals surface area contributed by atoms with Crippen LogP contribution in [0.15, 0.2) is 24.3 Å². The lowest BCUT2D eigenvalue weighted by molar-refractivity contribution is -0.144. The summed E-state index contributed by atoms with van der Waals surface area (Å²) < 4.78 is 0. The maximum atomic E-state index is 13.0. The lowest BCUT2D eigenvalue weighted by Gasteiger charge is -2.41. The van der Waals surface area contributed by atoms with E-state index in [1.165, 1.54) is 17.5 Å². The number of piperidine rings is 1. The fraction of sp³-hybridized carbons (Fsp3) is 0.611. The van der Waals surface area contributed by atoms with Crippen molar-refractivity contribution in [3.63, 3.8) is 0 Å². The smallest absolute Gasteiger partial charge is 0.228 e. The first-order chi connectivity index (χ1) is 10.1. The van der Waals surface area contributed by atoms with Gasteiger partial charge in [-0.15, -0.1) is 0 Å². The van der Waals surface area contributed by atoms with Crippen molar-refractivity contribution >= 4 is 5.91 Å². The number of hydrogen-bond donors (Lipinski definition) is 1. The van der Waals surface area contributed by atoms with Gasteiger partial charge in [-0.05, 0) is 49.4 Å². The Balaban J connectivity index is 1.73. The van der Waals surface area contributed by atoms with Gasteiger partial charge in [0.25, 0.3) is 0 Å². The standard InChI is InChI=1S/C18H26N2O/c1-18(2,16-8-5-10-19-12-16)17(21)20-11-9-14-6-3-4-7-15(14)13-20/h3-4,6-7,16,19H,5,8-13H2,1-2H3. The van der Waals surface area contributed by atoms with Crippen LogP contribution in [0, 0.1) is 11.3 Å². The maximum Gasteiger partial charge on any atom is 0.228 e. The summed E-state index contributed by atoms with van der Waals surface area (Å²) in [6, 6.07) is 8.51. The highest BCUT2D eigenvalue weighted by Gasteiger charge is 2.40. The van der Waals surface area contributed by atoms with E-state index in [0.29, 0.717) is 11.8 Å². The molecule has 1 N–H and O–H groups in total. The molecule has 1 saturated heterocycles. The molecule has 0 aromatic heterocycles. The zero-order chi connectivity index (χ0) is 14.9. The lowest BCUT2D eigenvalue weighted by atomic mass is 9.73. The third-order valence-electron chi connectivity index (χ3n) is 5.29. The minimum Gasteiger partial charge on any atom is -0.338 e. The van der Waals surface area contributed by atoms with Crippen LogP contribution in [-0.4, -0.2) is 30.4 Å². The van der Waals surface area contributed by atoms with Crippen LogP contribution in [0.4, 0.5) is 0 Å². The highest BCUT2D eigenvalue weighted by molar-refractivity contribution is 5.82. The quantitative estimate of drug-likeness (QED) is 0.906. The Morgan fingerprint density at radius 3 is 2.76 bits per heavy atom. The Morgan fingerprint density at radius 1 is 1.29 bits per heavy atom. The van der Waals surface area contributed by atoms with Crippen molar-refractivity contribution in [2.24, 2.45) is 11.3 Å². The van der Waals surface area contributed by atoms with Crippen molar-refractivity contribution in [2.45, 2.75) is 39.7 Å². The second kappa shape index (κ2) is 5.80. The summed E-state index contributed by atoms with van der Waals surface area (Å²) in [5.41, 5.74) is 2.45. The topological polar surface area (TPSA) is 32.3 Å². The number of nitrogens with zero attached hydrogens (tertiary/aromatic N) is 1. The normalized spacial score (nSPS) is 22.8. The summed E-state index contributed by atoms with van der Waals surface area (Å²) in [5.74, 6) is 0.779. The Morgan fingerprint density at radius 2 is 2.05 bits per heavy atom. The molecule has 1 amide bonds. The molecule has 1 unspecified atom stereocenters. The van der Waals surface area contributed by atoms with E-state index < -0.39 is 0 Å². The van der Waals surface area contributed by atoms with E-state index in [1.54, 1.807) is 0 Å². The maximum absolute atomic E-state index is 13.0. The predicted octanol–water partition coefficient (Wildman–Crippen LogP) is 2.60. The fourth-order valence-corrected chi connectivity index (χ4v) is 3.72. The van der Waals surface area contributed by atoms with E-state index in [9.17, 15) is 4.79 Å². The van der Waals surface area contributed by atoms with Gasteiger partial charge in [0.2, 0.25) is 5.91 Å². The molecule has 3 heteroatoms. The van der Waals surface area contributed by atoms with Crippen LogP contribution >= 0.6 is 0 Å². The van der Waals surface area contributed by atoms with Gasteiger partial charge in [-0.3, -0.25) is 4.79 Å². The summed E-state index contributed by atoms with van der Waals surface area (Å²) >= 11 is 0. The molecule has 0 saturated carbocycles. The van der Waals surface area contributed by atoms with Gasteiger partial charge in [0.15, 0.2) is 0 Å². The first kappa shape index (κ1) is 14.6. The summed E-state index contributed by atoms with van der Waals surface area (Å²) in [6.07, 6.45) is 3.33. The Labute approximate surface area is 127 Å². The summed E-state index contributed by atoms with van der Waals surface area (Å²) in [5, 5.41) is 3.44. The molecule has 0 aliphatic carbocycles. The monoisotopic (exact) mass is 286 g/mol. The van der Waals surface area contributed by atoms with Crippen molar-refractivity contribution in [3.8, 4) is 0 Å². The zero-order valence-corrected chi connectivity index (χ0v) is 13.2. The second-order valence-corrected chi connectivity index (χ2v) is 7.01.